The largest absolute Gasteiger partial charge is 0.441 e. The van der Waals surface area contributed by atoms with E-state index in [1.165, 1.54) is 5.56 Å². The maximum absolute atomic E-state index is 5.80. The SMILES string of the molecule is CCCNCCc1ncc(-c2ccc(C(C)C)cc2)o1. The van der Waals surface area contributed by atoms with Crippen LogP contribution in [0, 0.1) is 0 Å². The van der Waals surface area contributed by atoms with Crippen LogP contribution in [0.15, 0.2) is 34.9 Å². The summed E-state index contributed by atoms with van der Waals surface area (Å²) >= 11 is 0. The summed E-state index contributed by atoms with van der Waals surface area (Å²) in [7, 11) is 0. The Morgan fingerprint density at radius 1 is 1.15 bits per heavy atom. The van der Waals surface area contributed by atoms with Crippen LogP contribution in [0.5, 0.6) is 0 Å². The van der Waals surface area contributed by atoms with Gasteiger partial charge in [0.05, 0.1) is 6.20 Å². The molecule has 0 atom stereocenters. The topological polar surface area (TPSA) is 38.1 Å². The predicted molar refractivity (Wildman–Crippen MR) is 82.9 cm³/mol. The van der Waals surface area contributed by atoms with Gasteiger partial charge in [0.1, 0.15) is 0 Å². The van der Waals surface area contributed by atoms with Crippen molar-refractivity contribution in [2.24, 2.45) is 0 Å². The monoisotopic (exact) mass is 272 g/mol. The minimum atomic E-state index is 0.555. The van der Waals surface area contributed by atoms with Crippen LogP contribution in [-0.4, -0.2) is 18.1 Å². The molecule has 1 heterocycles. The highest BCUT2D eigenvalue weighted by atomic mass is 16.4. The average molecular weight is 272 g/mol. The quantitative estimate of drug-likeness (QED) is 0.774. The van der Waals surface area contributed by atoms with E-state index in [1.807, 2.05) is 6.20 Å². The molecular weight excluding hydrogens is 248 g/mol. The van der Waals surface area contributed by atoms with E-state index in [-0.39, 0.29) is 0 Å². The van der Waals surface area contributed by atoms with E-state index in [1.54, 1.807) is 0 Å². The van der Waals surface area contributed by atoms with Crippen LogP contribution in [0.2, 0.25) is 0 Å². The van der Waals surface area contributed by atoms with E-state index in [2.05, 4.69) is 55.3 Å². The summed E-state index contributed by atoms with van der Waals surface area (Å²) in [6, 6.07) is 8.53. The van der Waals surface area contributed by atoms with Crippen LogP contribution < -0.4 is 5.32 Å². The van der Waals surface area contributed by atoms with Crippen molar-refractivity contribution in [3.63, 3.8) is 0 Å². The Labute approximate surface area is 121 Å². The molecule has 0 spiro atoms. The first-order valence-electron chi connectivity index (χ1n) is 7.46. The van der Waals surface area contributed by atoms with E-state index in [0.29, 0.717) is 5.92 Å². The number of nitrogens with zero attached hydrogens (tertiary/aromatic N) is 1. The third-order valence-electron chi connectivity index (χ3n) is 3.36. The number of aromatic nitrogens is 1. The average Bonchev–Trinajstić information content (AvgIpc) is 2.92. The lowest BCUT2D eigenvalue weighted by Crippen LogP contribution is -2.17. The number of rotatable bonds is 7. The van der Waals surface area contributed by atoms with Gasteiger partial charge in [0, 0.05) is 18.5 Å². The highest BCUT2D eigenvalue weighted by molar-refractivity contribution is 5.56. The fourth-order valence-corrected chi connectivity index (χ4v) is 2.09. The van der Waals surface area contributed by atoms with Gasteiger partial charge in [-0.15, -0.1) is 0 Å². The molecule has 20 heavy (non-hydrogen) atoms. The number of hydrogen-bond donors (Lipinski definition) is 1. The van der Waals surface area contributed by atoms with Crippen molar-refractivity contribution in [3.8, 4) is 11.3 Å². The molecule has 108 valence electrons. The number of oxazole rings is 1. The Balaban J connectivity index is 1.97. The second kappa shape index (κ2) is 7.25. The third-order valence-corrected chi connectivity index (χ3v) is 3.36. The first-order valence-corrected chi connectivity index (χ1v) is 7.46. The van der Waals surface area contributed by atoms with E-state index in [0.717, 1.165) is 43.1 Å². The van der Waals surface area contributed by atoms with Gasteiger partial charge in [-0.25, -0.2) is 4.98 Å². The van der Waals surface area contributed by atoms with Gasteiger partial charge < -0.3 is 9.73 Å². The van der Waals surface area contributed by atoms with Crippen LogP contribution >= 0.6 is 0 Å². The Kier molecular flexibility index (Phi) is 5.36. The molecule has 3 nitrogen and oxygen atoms in total. The molecule has 0 fully saturated rings. The van der Waals surface area contributed by atoms with Gasteiger partial charge >= 0.3 is 0 Å². The Morgan fingerprint density at radius 3 is 2.55 bits per heavy atom. The van der Waals surface area contributed by atoms with Crippen LogP contribution in [0.4, 0.5) is 0 Å². The van der Waals surface area contributed by atoms with Gasteiger partial charge in [-0.3, -0.25) is 0 Å². The molecule has 0 aliphatic heterocycles. The van der Waals surface area contributed by atoms with Gasteiger partial charge in [0.2, 0.25) is 0 Å². The normalized spacial score (nSPS) is 11.2. The number of nitrogens with one attached hydrogen (secondary N) is 1. The molecule has 0 unspecified atom stereocenters. The van der Waals surface area contributed by atoms with Gasteiger partial charge in [0.15, 0.2) is 11.7 Å². The molecule has 1 aromatic carbocycles. The molecule has 0 bridgehead atoms. The van der Waals surface area contributed by atoms with Crippen molar-refractivity contribution in [1.82, 2.24) is 10.3 Å². The summed E-state index contributed by atoms with van der Waals surface area (Å²) in [5, 5.41) is 3.35. The summed E-state index contributed by atoms with van der Waals surface area (Å²) < 4.78 is 5.80. The van der Waals surface area contributed by atoms with Crippen molar-refractivity contribution in [2.75, 3.05) is 13.1 Å². The molecule has 3 heteroatoms. The molecule has 1 aromatic heterocycles. The molecule has 2 rings (SSSR count). The fourth-order valence-electron chi connectivity index (χ4n) is 2.09. The molecule has 0 aliphatic rings. The lowest BCUT2D eigenvalue weighted by atomic mass is 10.0. The lowest BCUT2D eigenvalue weighted by Gasteiger charge is -2.05. The Hall–Kier alpha value is -1.61. The minimum Gasteiger partial charge on any atom is -0.441 e. The van der Waals surface area contributed by atoms with E-state index in [4.69, 9.17) is 4.42 Å². The van der Waals surface area contributed by atoms with Gasteiger partial charge in [-0.1, -0.05) is 45.0 Å². The summed E-state index contributed by atoms with van der Waals surface area (Å²) in [6.45, 7) is 8.52. The van der Waals surface area contributed by atoms with Crippen molar-refractivity contribution in [1.29, 1.82) is 0 Å². The number of benzene rings is 1. The number of hydrogen-bond acceptors (Lipinski definition) is 3. The summed E-state index contributed by atoms with van der Waals surface area (Å²) in [6.07, 6.45) is 3.81. The molecule has 0 saturated carbocycles. The van der Waals surface area contributed by atoms with Crippen molar-refractivity contribution in [3.05, 3.63) is 41.9 Å². The Morgan fingerprint density at radius 2 is 1.90 bits per heavy atom. The first-order chi connectivity index (χ1) is 9.70. The summed E-state index contributed by atoms with van der Waals surface area (Å²) in [5.41, 5.74) is 2.44. The second-order valence-corrected chi connectivity index (χ2v) is 5.39. The highest BCUT2D eigenvalue weighted by Crippen LogP contribution is 2.23. The standard InChI is InChI=1S/C17H24N2O/c1-4-10-18-11-9-17-19-12-16(20-17)15-7-5-14(6-8-15)13(2)3/h5-8,12-13,18H,4,9-11H2,1-3H3. The van der Waals surface area contributed by atoms with E-state index in [9.17, 15) is 0 Å². The first kappa shape index (κ1) is 14.8. The van der Waals surface area contributed by atoms with Crippen molar-refractivity contribution < 1.29 is 4.42 Å². The molecule has 0 amide bonds. The van der Waals surface area contributed by atoms with Gasteiger partial charge in [-0.05, 0) is 24.4 Å². The van der Waals surface area contributed by atoms with Crippen molar-refractivity contribution in [2.45, 2.75) is 39.5 Å². The zero-order valence-corrected chi connectivity index (χ0v) is 12.6. The lowest BCUT2D eigenvalue weighted by molar-refractivity contribution is 0.495. The highest BCUT2D eigenvalue weighted by Gasteiger charge is 2.07. The van der Waals surface area contributed by atoms with Crippen molar-refractivity contribution >= 4 is 0 Å². The fraction of sp³-hybridized carbons (Fsp3) is 0.471. The third kappa shape index (κ3) is 3.94. The van der Waals surface area contributed by atoms with E-state index < -0.39 is 0 Å². The molecular formula is C17H24N2O. The molecule has 0 aliphatic carbocycles. The van der Waals surface area contributed by atoms with Gasteiger partial charge in [-0.2, -0.15) is 0 Å². The van der Waals surface area contributed by atoms with Gasteiger partial charge in [0.25, 0.3) is 0 Å². The predicted octanol–water partition coefficient (Wildman–Crippen LogP) is 4.01. The zero-order valence-electron chi connectivity index (χ0n) is 12.6. The van der Waals surface area contributed by atoms with Crippen LogP contribution in [0.3, 0.4) is 0 Å². The zero-order chi connectivity index (χ0) is 14.4. The maximum Gasteiger partial charge on any atom is 0.196 e. The molecule has 2 aromatic rings. The molecule has 0 radical (unpaired) electrons. The Bertz CT molecular complexity index is 514. The molecule has 0 saturated heterocycles. The molecule has 1 N–H and O–H groups in total. The maximum atomic E-state index is 5.80. The van der Waals surface area contributed by atoms with E-state index >= 15 is 0 Å². The summed E-state index contributed by atoms with van der Waals surface area (Å²) in [5.74, 6) is 2.21. The van der Waals surface area contributed by atoms with Crippen LogP contribution in [0.1, 0.15) is 44.6 Å². The second-order valence-electron chi connectivity index (χ2n) is 5.39. The van der Waals surface area contributed by atoms with Crippen LogP contribution in [0.25, 0.3) is 11.3 Å². The van der Waals surface area contributed by atoms with Crippen LogP contribution in [-0.2, 0) is 6.42 Å². The minimum absolute atomic E-state index is 0.555. The summed E-state index contributed by atoms with van der Waals surface area (Å²) in [4.78, 5) is 4.34. The smallest absolute Gasteiger partial charge is 0.196 e.